The van der Waals surface area contributed by atoms with Gasteiger partial charge in [0.25, 0.3) is 5.91 Å². The highest BCUT2D eigenvalue weighted by molar-refractivity contribution is 6.30. The van der Waals surface area contributed by atoms with Gasteiger partial charge in [0.05, 0.1) is 11.2 Å². The highest BCUT2D eigenvalue weighted by atomic mass is 35.5. The minimum atomic E-state index is -0.894. The SMILES string of the molecule is CC(O)(CNC(=O)c1cnc(OCc2cccnc2)c(-c2ccc(Cl)cc2)c1)C1CC1. The van der Waals surface area contributed by atoms with Gasteiger partial charge < -0.3 is 15.2 Å². The zero-order valence-electron chi connectivity index (χ0n) is 17.2. The van der Waals surface area contributed by atoms with E-state index in [-0.39, 0.29) is 18.4 Å². The van der Waals surface area contributed by atoms with Crippen molar-refractivity contribution in [3.63, 3.8) is 0 Å². The van der Waals surface area contributed by atoms with E-state index >= 15 is 0 Å². The van der Waals surface area contributed by atoms with Crippen molar-refractivity contribution in [3.8, 4) is 17.0 Å². The summed E-state index contributed by atoms with van der Waals surface area (Å²) in [5, 5.41) is 13.9. The first kappa shape index (κ1) is 21.3. The summed E-state index contributed by atoms with van der Waals surface area (Å²) >= 11 is 6.03. The Balaban J connectivity index is 1.56. The molecular formula is C24H24ClN3O3. The Morgan fingerprint density at radius 2 is 2.03 bits per heavy atom. The Bertz CT molecular complexity index is 1050. The van der Waals surface area contributed by atoms with Crippen molar-refractivity contribution in [3.05, 3.63) is 77.2 Å². The first-order chi connectivity index (χ1) is 14.9. The van der Waals surface area contributed by atoms with Crippen LogP contribution in [0.4, 0.5) is 0 Å². The fourth-order valence-corrected chi connectivity index (χ4v) is 3.50. The van der Waals surface area contributed by atoms with Crippen molar-refractivity contribution in [2.45, 2.75) is 32.0 Å². The number of aliphatic hydroxyl groups is 1. The number of nitrogens with zero attached hydrogens (tertiary/aromatic N) is 2. The highest BCUT2D eigenvalue weighted by Crippen LogP contribution is 2.39. The standard InChI is InChI=1S/C24H24ClN3O3/c1-24(30,19-6-7-19)15-28-22(29)18-11-21(17-4-8-20(25)9-5-17)23(27-13-18)31-14-16-3-2-10-26-12-16/h2-5,8-13,19,30H,6-7,14-15H2,1H3,(H,28,29). The first-order valence-corrected chi connectivity index (χ1v) is 10.6. The lowest BCUT2D eigenvalue weighted by atomic mass is 10.0. The molecule has 31 heavy (non-hydrogen) atoms. The highest BCUT2D eigenvalue weighted by Gasteiger charge is 2.40. The van der Waals surface area contributed by atoms with Crippen LogP contribution in [0.15, 0.2) is 61.1 Å². The molecule has 6 nitrogen and oxygen atoms in total. The molecule has 0 saturated heterocycles. The van der Waals surface area contributed by atoms with Crippen LogP contribution in [-0.2, 0) is 6.61 Å². The molecule has 1 aliphatic carbocycles. The van der Waals surface area contributed by atoms with Gasteiger partial charge in [0.2, 0.25) is 5.88 Å². The van der Waals surface area contributed by atoms with Gasteiger partial charge in [-0.05, 0) is 55.5 Å². The van der Waals surface area contributed by atoms with Gasteiger partial charge >= 0.3 is 0 Å². The summed E-state index contributed by atoms with van der Waals surface area (Å²) in [6, 6.07) is 12.8. The zero-order chi connectivity index (χ0) is 21.8. The minimum absolute atomic E-state index is 0.200. The molecule has 2 N–H and O–H groups in total. The summed E-state index contributed by atoms with van der Waals surface area (Å²) < 4.78 is 5.94. The molecule has 1 atom stereocenters. The van der Waals surface area contributed by atoms with E-state index in [1.807, 2.05) is 24.3 Å². The maximum atomic E-state index is 12.7. The van der Waals surface area contributed by atoms with Crippen LogP contribution in [0.1, 0.15) is 35.7 Å². The third kappa shape index (κ3) is 5.40. The summed E-state index contributed by atoms with van der Waals surface area (Å²) in [4.78, 5) is 21.2. The topological polar surface area (TPSA) is 84.3 Å². The second-order valence-electron chi connectivity index (χ2n) is 8.05. The Labute approximate surface area is 186 Å². The molecule has 160 valence electrons. The van der Waals surface area contributed by atoms with Crippen LogP contribution in [0.2, 0.25) is 5.02 Å². The third-order valence-corrected chi connectivity index (χ3v) is 5.68. The lowest BCUT2D eigenvalue weighted by Crippen LogP contribution is -2.42. The lowest BCUT2D eigenvalue weighted by Gasteiger charge is -2.23. The fraction of sp³-hybridized carbons (Fsp3) is 0.292. The molecule has 1 saturated carbocycles. The molecule has 1 amide bonds. The third-order valence-electron chi connectivity index (χ3n) is 5.43. The molecule has 0 aliphatic heterocycles. The largest absolute Gasteiger partial charge is 0.472 e. The number of nitrogens with one attached hydrogen (secondary N) is 1. The van der Waals surface area contributed by atoms with E-state index in [9.17, 15) is 9.90 Å². The Morgan fingerprint density at radius 3 is 2.71 bits per heavy atom. The van der Waals surface area contributed by atoms with Gasteiger partial charge in [0.15, 0.2) is 0 Å². The van der Waals surface area contributed by atoms with Gasteiger partial charge in [0.1, 0.15) is 6.61 Å². The van der Waals surface area contributed by atoms with Crippen LogP contribution in [0.25, 0.3) is 11.1 Å². The number of carbonyl (C=O) groups excluding carboxylic acids is 1. The fourth-order valence-electron chi connectivity index (χ4n) is 3.37. The van der Waals surface area contributed by atoms with Crippen molar-refractivity contribution in [2.24, 2.45) is 5.92 Å². The predicted octanol–water partition coefficient (Wildman–Crippen LogP) is 4.27. The van der Waals surface area contributed by atoms with Gasteiger partial charge in [-0.25, -0.2) is 4.98 Å². The van der Waals surface area contributed by atoms with Gasteiger partial charge in [-0.2, -0.15) is 0 Å². The maximum Gasteiger partial charge on any atom is 0.252 e. The minimum Gasteiger partial charge on any atom is -0.472 e. The predicted molar refractivity (Wildman–Crippen MR) is 119 cm³/mol. The van der Waals surface area contributed by atoms with Crippen molar-refractivity contribution < 1.29 is 14.6 Å². The number of halogens is 1. The van der Waals surface area contributed by atoms with Gasteiger partial charge in [-0.15, -0.1) is 0 Å². The molecular weight excluding hydrogens is 414 g/mol. The molecule has 1 aliphatic rings. The van der Waals surface area contributed by atoms with Crippen LogP contribution in [0, 0.1) is 5.92 Å². The number of aromatic nitrogens is 2. The van der Waals surface area contributed by atoms with E-state index < -0.39 is 5.60 Å². The molecule has 7 heteroatoms. The summed E-state index contributed by atoms with van der Waals surface area (Å²) in [5.41, 5.74) is 1.93. The van der Waals surface area contributed by atoms with Crippen LogP contribution in [-0.4, -0.2) is 33.1 Å². The van der Waals surface area contributed by atoms with E-state index in [0.717, 1.165) is 24.0 Å². The Morgan fingerprint density at radius 1 is 1.26 bits per heavy atom. The molecule has 0 spiro atoms. The van der Waals surface area contributed by atoms with Gasteiger partial charge in [-0.3, -0.25) is 9.78 Å². The van der Waals surface area contributed by atoms with E-state index in [4.69, 9.17) is 16.3 Å². The van der Waals surface area contributed by atoms with Crippen molar-refractivity contribution in [2.75, 3.05) is 6.54 Å². The summed E-state index contributed by atoms with van der Waals surface area (Å²) in [6.45, 7) is 2.26. The number of hydrogen-bond donors (Lipinski definition) is 2. The molecule has 1 aromatic carbocycles. The quantitative estimate of drug-likeness (QED) is 0.549. The van der Waals surface area contributed by atoms with Crippen molar-refractivity contribution in [1.29, 1.82) is 0 Å². The number of rotatable bonds is 8. The van der Waals surface area contributed by atoms with Crippen LogP contribution in [0.5, 0.6) is 5.88 Å². The molecule has 2 aromatic heterocycles. The zero-order valence-corrected chi connectivity index (χ0v) is 18.0. The summed E-state index contributed by atoms with van der Waals surface area (Å²) in [6.07, 6.45) is 6.91. The van der Waals surface area contributed by atoms with Crippen LogP contribution >= 0.6 is 11.6 Å². The number of carbonyl (C=O) groups is 1. The number of ether oxygens (including phenoxy) is 1. The smallest absolute Gasteiger partial charge is 0.252 e. The van der Waals surface area contributed by atoms with E-state index in [0.29, 0.717) is 28.6 Å². The molecule has 2 heterocycles. The number of benzene rings is 1. The van der Waals surface area contributed by atoms with Crippen molar-refractivity contribution in [1.82, 2.24) is 15.3 Å². The average molecular weight is 438 g/mol. The maximum absolute atomic E-state index is 12.7. The van der Waals surface area contributed by atoms with Gasteiger partial charge in [-0.1, -0.05) is 29.8 Å². The Kier molecular flexibility index (Phi) is 6.20. The molecule has 3 aromatic rings. The Hall–Kier alpha value is -2.96. The summed E-state index contributed by atoms with van der Waals surface area (Å²) in [7, 11) is 0. The lowest BCUT2D eigenvalue weighted by molar-refractivity contribution is 0.0354. The van der Waals surface area contributed by atoms with Crippen LogP contribution < -0.4 is 10.1 Å². The molecule has 4 rings (SSSR count). The molecule has 1 unspecified atom stereocenters. The van der Waals surface area contributed by atoms with Crippen LogP contribution in [0.3, 0.4) is 0 Å². The van der Waals surface area contributed by atoms with E-state index in [1.165, 1.54) is 6.20 Å². The van der Waals surface area contributed by atoms with E-state index in [2.05, 4.69) is 15.3 Å². The summed E-state index contributed by atoms with van der Waals surface area (Å²) in [5.74, 6) is 0.369. The normalized spacial score (nSPS) is 15.2. The second kappa shape index (κ2) is 9.04. The van der Waals surface area contributed by atoms with Crippen molar-refractivity contribution >= 4 is 17.5 Å². The molecule has 1 fully saturated rings. The van der Waals surface area contributed by atoms with Gasteiger partial charge in [0, 0.05) is 41.3 Å². The first-order valence-electron chi connectivity index (χ1n) is 10.2. The monoisotopic (exact) mass is 437 g/mol. The number of hydrogen-bond acceptors (Lipinski definition) is 5. The number of amides is 1. The molecule has 0 bridgehead atoms. The average Bonchev–Trinajstić information content (AvgIpc) is 3.64. The molecule has 0 radical (unpaired) electrons. The van der Waals surface area contributed by atoms with E-state index in [1.54, 1.807) is 37.5 Å². The number of pyridine rings is 2. The second-order valence-corrected chi connectivity index (χ2v) is 8.48.